The van der Waals surface area contributed by atoms with Crippen LogP contribution < -0.4 is 4.74 Å². The Bertz CT molecular complexity index is 1140. The maximum absolute atomic E-state index is 13.2. The Morgan fingerprint density at radius 2 is 1.75 bits per heavy atom. The van der Waals surface area contributed by atoms with Crippen LogP contribution in [0, 0.1) is 12.8 Å². The van der Waals surface area contributed by atoms with Crippen molar-refractivity contribution < 1.29 is 26.7 Å². The molecule has 0 aromatic heterocycles. The zero-order chi connectivity index (χ0) is 22.9. The number of carbonyl (C=O) groups excluding carboxylic acids is 1. The summed E-state index contributed by atoms with van der Waals surface area (Å²) in [5.74, 6) is -0.0491. The van der Waals surface area contributed by atoms with Crippen molar-refractivity contribution in [3.05, 3.63) is 69.6 Å². The van der Waals surface area contributed by atoms with Gasteiger partial charge in [0.25, 0.3) is 0 Å². The lowest BCUT2D eigenvalue weighted by Gasteiger charge is -2.32. The Balaban J connectivity index is 1.44. The number of alkyl halides is 2. The van der Waals surface area contributed by atoms with Gasteiger partial charge in [-0.2, -0.15) is 13.1 Å². The predicted octanol–water partition coefficient (Wildman–Crippen LogP) is 4.81. The molecule has 2 aliphatic rings. The molecule has 0 saturated carbocycles. The number of aryl methyl sites for hydroxylation is 2. The average Bonchev–Trinajstić information content (AvgIpc) is 2.78. The molecular weight excluding hydrogens is 436 g/mol. The van der Waals surface area contributed by atoms with E-state index >= 15 is 0 Å². The Kier molecular flexibility index (Phi) is 6.44. The van der Waals surface area contributed by atoms with Crippen molar-refractivity contribution in [2.45, 2.75) is 39.2 Å². The standard InChI is InChI=1S/C24H25F2NO4S/c1-16-2-4-17(5-3-16)23(28)18-10-12-27(13-11-18)32(29,30)22-9-7-19-14-21(31-24(25)26)8-6-20(19)15-22/h2-6,8,14-15,18,24H,7,9-13H2,1H3. The normalized spacial score (nSPS) is 17.7. The number of hydrogen-bond acceptors (Lipinski definition) is 4. The predicted molar refractivity (Wildman–Crippen MR) is 118 cm³/mol. The number of hydrogen-bond donors (Lipinski definition) is 0. The molecule has 0 N–H and O–H groups in total. The molecule has 0 spiro atoms. The number of sulfonamides is 1. The van der Waals surface area contributed by atoms with Gasteiger partial charge in [0.15, 0.2) is 5.78 Å². The van der Waals surface area contributed by atoms with Crippen molar-refractivity contribution >= 4 is 21.9 Å². The van der Waals surface area contributed by atoms with E-state index in [-0.39, 0.29) is 17.5 Å². The number of piperidine rings is 1. The van der Waals surface area contributed by atoms with Gasteiger partial charge in [-0.3, -0.25) is 4.79 Å². The van der Waals surface area contributed by atoms with E-state index < -0.39 is 16.6 Å². The zero-order valence-corrected chi connectivity index (χ0v) is 18.6. The van der Waals surface area contributed by atoms with Gasteiger partial charge in [-0.15, -0.1) is 0 Å². The molecular formula is C24H25F2NO4S. The Morgan fingerprint density at radius 3 is 2.41 bits per heavy atom. The van der Waals surface area contributed by atoms with Crippen LogP contribution in [0.5, 0.6) is 5.75 Å². The number of nitrogens with zero attached hydrogens (tertiary/aromatic N) is 1. The van der Waals surface area contributed by atoms with E-state index in [2.05, 4.69) is 4.74 Å². The first-order valence-corrected chi connectivity index (χ1v) is 12.1. The van der Waals surface area contributed by atoms with Crippen LogP contribution in [0.2, 0.25) is 0 Å². The van der Waals surface area contributed by atoms with Crippen molar-refractivity contribution in [3.8, 4) is 5.75 Å². The zero-order valence-electron chi connectivity index (χ0n) is 17.8. The largest absolute Gasteiger partial charge is 0.435 e. The second kappa shape index (κ2) is 9.11. The van der Waals surface area contributed by atoms with Crippen LogP contribution in [0.25, 0.3) is 6.08 Å². The molecule has 32 heavy (non-hydrogen) atoms. The van der Waals surface area contributed by atoms with Gasteiger partial charge in [-0.25, -0.2) is 8.42 Å². The van der Waals surface area contributed by atoms with Crippen LogP contribution in [0.15, 0.2) is 47.4 Å². The van der Waals surface area contributed by atoms with Gasteiger partial charge in [0.2, 0.25) is 10.0 Å². The van der Waals surface area contributed by atoms with Gasteiger partial charge in [0, 0.05) is 24.6 Å². The summed E-state index contributed by atoms with van der Waals surface area (Å²) in [5.41, 5.74) is 3.23. The van der Waals surface area contributed by atoms with Gasteiger partial charge >= 0.3 is 6.61 Å². The van der Waals surface area contributed by atoms with Gasteiger partial charge in [-0.05, 0) is 61.9 Å². The van der Waals surface area contributed by atoms with Crippen LogP contribution in [-0.4, -0.2) is 38.2 Å². The molecule has 1 heterocycles. The van der Waals surface area contributed by atoms with Crippen LogP contribution in [0.4, 0.5) is 8.78 Å². The molecule has 5 nitrogen and oxygen atoms in total. The summed E-state index contributed by atoms with van der Waals surface area (Å²) in [6, 6.07) is 12.0. The number of carbonyl (C=O) groups is 1. The molecule has 2 aromatic rings. The van der Waals surface area contributed by atoms with Crippen LogP contribution in [-0.2, 0) is 16.4 Å². The van der Waals surface area contributed by atoms with E-state index in [4.69, 9.17) is 0 Å². The van der Waals surface area contributed by atoms with Crippen LogP contribution >= 0.6 is 0 Å². The van der Waals surface area contributed by atoms with Gasteiger partial charge in [0.05, 0.1) is 4.91 Å². The SMILES string of the molecule is Cc1ccc(C(=O)C2CCN(S(=O)(=O)C3=Cc4ccc(OC(F)F)cc4CC3)CC2)cc1. The number of fused-ring (bicyclic) bond motifs is 1. The number of ether oxygens (including phenoxy) is 1. The first kappa shape index (κ1) is 22.6. The molecule has 0 radical (unpaired) electrons. The Hall–Kier alpha value is -2.58. The van der Waals surface area contributed by atoms with E-state index in [0.29, 0.717) is 54.8 Å². The highest BCUT2D eigenvalue weighted by atomic mass is 32.2. The molecule has 0 amide bonds. The number of benzene rings is 2. The maximum Gasteiger partial charge on any atom is 0.387 e. The summed E-state index contributed by atoms with van der Waals surface area (Å²) in [6.45, 7) is -0.332. The van der Waals surface area contributed by atoms with Crippen molar-refractivity contribution in [3.63, 3.8) is 0 Å². The van der Waals surface area contributed by atoms with Crippen molar-refractivity contribution in [2.75, 3.05) is 13.1 Å². The fourth-order valence-electron chi connectivity index (χ4n) is 4.30. The lowest BCUT2D eigenvalue weighted by atomic mass is 9.89. The van der Waals surface area contributed by atoms with E-state index in [1.54, 1.807) is 12.1 Å². The van der Waals surface area contributed by atoms with E-state index in [0.717, 1.165) is 11.1 Å². The number of ketones is 1. The minimum absolute atomic E-state index is 0.0645. The molecule has 1 saturated heterocycles. The molecule has 2 aromatic carbocycles. The Morgan fingerprint density at radius 1 is 1.06 bits per heavy atom. The average molecular weight is 462 g/mol. The van der Waals surface area contributed by atoms with Crippen molar-refractivity contribution in [2.24, 2.45) is 5.92 Å². The fourth-order valence-corrected chi connectivity index (χ4v) is 5.96. The quantitative estimate of drug-likeness (QED) is 0.580. The smallest absolute Gasteiger partial charge is 0.387 e. The first-order valence-electron chi connectivity index (χ1n) is 10.6. The molecule has 0 bridgehead atoms. The molecule has 0 atom stereocenters. The summed E-state index contributed by atoms with van der Waals surface area (Å²) in [4.78, 5) is 13.1. The third-order valence-electron chi connectivity index (χ3n) is 6.13. The minimum atomic E-state index is -3.64. The third kappa shape index (κ3) is 4.76. The van der Waals surface area contributed by atoms with Gasteiger partial charge < -0.3 is 4.74 Å². The van der Waals surface area contributed by atoms with Crippen molar-refractivity contribution in [1.82, 2.24) is 4.31 Å². The summed E-state index contributed by atoms with van der Waals surface area (Å²) in [6.07, 6.45) is 3.33. The Labute approximate surface area is 186 Å². The number of Topliss-reactive ketones (excluding diaryl/α,β-unsaturated/α-hetero) is 1. The van der Waals surface area contributed by atoms with E-state index in [9.17, 15) is 22.0 Å². The highest BCUT2D eigenvalue weighted by molar-refractivity contribution is 7.93. The summed E-state index contributed by atoms with van der Waals surface area (Å²) in [5, 5.41) is 0. The lowest BCUT2D eigenvalue weighted by Crippen LogP contribution is -2.41. The molecule has 4 rings (SSSR count). The van der Waals surface area contributed by atoms with Gasteiger partial charge in [0.1, 0.15) is 5.75 Å². The molecule has 8 heteroatoms. The third-order valence-corrected chi connectivity index (χ3v) is 8.16. The summed E-state index contributed by atoms with van der Waals surface area (Å²) >= 11 is 0. The lowest BCUT2D eigenvalue weighted by molar-refractivity contribution is -0.0498. The molecule has 1 fully saturated rings. The van der Waals surface area contributed by atoms with E-state index in [1.807, 2.05) is 31.2 Å². The maximum atomic E-state index is 13.2. The molecule has 1 aliphatic heterocycles. The van der Waals surface area contributed by atoms with Crippen molar-refractivity contribution in [1.29, 1.82) is 0 Å². The molecule has 1 aliphatic carbocycles. The monoisotopic (exact) mass is 461 g/mol. The summed E-state index contributed by atoms with van der Waals surface area (Å²) < 4.78 is 57.1. The minimum Gasteiger partial charge on any atom is -0.435 e. The second-order valence-corrected chi connectivity index (χ2v) is 10.2. The molecule has 170 valence electrons. The highest BCUT2D eigenvalue weighted by Crippen LogP contribution is 2.33. The number of rotatable bonds is 6. The summed E-state index contributed by atoms with van der Waals surface area (Å²) in [7, 11) is -3.64. The first-order chi connectivity index (χ1) is 15.2. The topological polar surface area (TPSA) is 63.7 Å². The fraction of sp³-hybridized carbons (Fsp3) is 0.375. The van der Waals surface area contributed by atoms with Gasteiger partial charge in [-0.1, -0.05) is 35.9 Å². The van der Waals surface area contributed by atoms with Crippen LogP contribution in [0.1, 0.15) is 46.3 Å². The van der Waals surface area contributed by atoms with E-state index in [1.165, 1.54) is 16.4 Å². The van der Waals surface area contributed by atoms with Crippen LogP contribution in [0.3, 0.4) is 0 Å². The highest BCUT2D eigenvalue weighted by Gasteiger charge is 2.34. The number of halogens is 2. The molecule has 0 unspecified atom stereocenters. The number of allylic oxidation sites excluding steroid dienone is 1. The second-order valence-electron chi connectivity index (χ2n) is 8.26.